The minimum Gasteiger partial charge on any atom is -0.478 e. The number of carboxylic acid groups (broad SMARTS) is 1. The molecule has 0 atom stereocenters. The van der Waals surface area contributed by atoms with Crippen LogP contribution in [-0.4, -0.2) is 17.0 Å². The SMILES string of the molecule is O=C(O)c1ccc(C#Cc2ccc(Cl)cc2)cc1NC(=O)c1sc2ccccc2c1Cl. The van der Waals surface area contributed by atoms with Crippen molar-refractivity contribution >= 4 is 62.2 Å². The van der Waals surface area contributed by atoms with Crippen LogP contribution in [0.1, 0.15) is 31.2 Å². The average Bonchev–Trinajstić information content (AvgIpc) is 3.10. The van der Waals surface area contributed by atoms with Crippen LogP contribution in [0.15, 0.2) is 66.7 Å². The zero-order valence-electron chi connectivity index (χ0n) is 15.8. The number of aromatic carboxylic acids is 1. The Labute approximate surface area is 192 Å². The first-order valence-electron chi connectivity index (χ1n) is 9.05. The largest absolute Gasteiger partial charge is 0.478 e. The molecule has 7 heteroatoms. The van der Waals surface area contributed by atoms with E-state index in [1.807, 2.05) is 24.3 Å². The number of thiophene rings is 1. The topological polar surface area (TPSA) is 66.4 Å². The van der Waals surface area contributed by atoms with Crippen molar-refractivity contribution < 1.29 is 14.7 Å². The first-order chi connectivity index (χ1) is 14.9. The average molecular weight is 466 g/mol. The number of hydrogen-bond donors (Lipinski definition) is 2. The second-order valence-corrected chi connectivity index (χ2v) is 8.38. The van der Waals surface area contributed by atoms with Crippen LogP contribution in [0.2, 0.25) is 10.0 Å². The van der Waals surface area contributed by atoms with Crippen molar-refractivity contribution in [2.45, 2.75) is 0 Å². The number of amides is 1. The van der Waals surface area contributed by atoms with Crippen molar-refractivity contribution in [2.24, 2.45) is 0 Å². The molecule has 1 amide bonds. The van der Waals surface area contributed by atoms with Crippen LogP contribution in [0, 0.1) is 11.8 Å². The standard InChI is InChI=1S/C24H13Cl2NO3S/c25-16-10-7-14(8-11-16)5-6-15-9-12-17(24(29)30)19(13-15)27-23(28)22-21(26)18-3-1-2-4-20(18)31-22/h1-4,7-13H,(H,27,28)(H,29,30). The van der Waals surface area contributed by atoms with Crippen LogP contribution in [0.25, 0.3) is 10.1 Å². The van der Waals surface area contributed by atoms with E-state index in [1.165, 1.54) is 23.5 Å². The predicted molar refractivity (Wildman–Crippen MR) is 126 cm³/mol. The Morgan fingerprint density at radius 3 is 2.29 bits per heavy atom. The van der Waals surface area contributed by atoms with E-state index in [1.54, 1.807) is 30.3 Å². The van der Waals surface area contributed by atoms with Crippen LogP contribution in [0.4, 0.5) is 5.69 Å². The van der Waals surface area contributed by atoms with Gasteiger partial charge >= 0.3 is 5.97 Å². The molecule has 0 aliphatic carbocycles. The molecule has 0 unspecified atom stereocenters. The molecule has 0 saturated heterocycles. The van der Waals surface area contributed by atoms with Gasteiger partial charge in [-0.25, -0.2) is 4.79 Å². The Kier molecular flexibility index (Phi) is 5.97. The number of halogens is 2. The van der Waals surface area contributed by atoms with Gasteiger partial charge in [0.05, 0.1) is 16.3 Å². The lowest BCUT2D eigenvalue weighted by Gasteiger charge is -2.08. The molecule has 31 heavy (non-hydrogen) atoms. The lowest BCUT2D eigenvalue weighted by Crippen LogP contribution is -2.14. The molecule has 0 bridgehead atoms. The first-order valence-corrected chi connectivity index (χ1v) is 10.6. The van der Waals surface area contributed by atoms with Crippen molar-refractivity contribution in [3.63, 3.8) is 0 Å². The summed E-state index contributed by atoms with van der Waals surface area (Å²) in [5.74, 6) is 4.33. The van der Waals surface area contributed by atoms with Crippen LogP contribution >= 0.6 is 34.5 Å². The van der Waals surface area contributed by atoms with Crippen molar-refractivity contribution in [1.82, 2.24) is 0 Å². The van der Waals surface area contributed by atoms with Gasteiger partial charge in [-0.2, -0.15) is 0 Å². The number of carbonyl (C=O) groups excluding carboxylic acids is 1. The van der Waals surface area contributed by atoms with Gasteiger partial charge in [0, 0.05) is 26.2 Å². The summed E-state index contributed by atoms with van der Waals surface area (Å²) < 4.78 is 0.874. The molecule has 3 aromatic carbocycles. The number of benzene rings is 3. The van der Waals surface area contributed by atoms with Gasteiger partial charge in [0.2, 0.25) is 0 Å². The van der Waals surface area contributed by atoms with E-state index in [-0.39, 0.29) is 11.3 Å². The Morgan fingerprint density at radius 1 is 0.903 bits per heavy atom. The number of anilines is 1. The maximum atomic E-state index is 12.9. The molecule has 1 aromatic heterocycles. The number of fused-ring (bicyclic) bond motifs is 1. The maximum Gasteiger partial charge on any atom is 0.337 e. The Bertz CT molecular complexity index is 1380. The Morgan fingerprint density at radius 2 is 1.58 bits per heavy atom. The molecule has 4 nitrogen and oxygen atoms in total. The van der Waals surface area contributed by atoms with Gasteiger partial charge in [-0.1, -0.05) is 53.2 Å². The second kappa shape index (κ2) is 8.83. The zero-order valence-corrected chi connectivity index (χ0v) is 18.1. The molecular formula is C24H13Cl2NO3S. The van der Waals surface area contributed by atoms with Crippen LogP contribution in [0.3, 0.4) is 0 Å². The van der Waals surface area contributed by atoms with E-state index < -0.39 is 11.9 Å². The van der Waals surface area contributed by atoms with Gasteiger partial charge in [-0.05, 0) is 48.5 Å². The van der Waals surface area contributed by atoms with Crippen molar-refractivity contribution in [3.8, 4) is 11.8 Å². The Balaban J connectivity index is 1.67. The minimum absolute atomic E-state index is 0.0392. The zero-order chi connectivity index (χ0) is 22.0. The number of nitrogens with one attached hydrogen (secondary N) is 1. The predicted octanol–water partition coefficient (Wildman–Crippen LogP) is 6.56. The summed E-state index contributed by atoms with van der Waals surface area (Å²) in [5.41, 5.74) is 1.42. The van der Waals surface area contributed by atoms with E-state index >= 15 is 0 Å². The summed E-state index contributed by atoms with van der Waals surface area (Å²) in [7, 11) is 0. The highest BCUT2D eigenvalue weighted by molar-refractivity contribution is 7.21. The second-order valence-electron chi connectivity index (χ2n) is 6.52. The highest BCUT2D eigenvalue weighted by Crippen LogP contribution is 2.35. The van der Waals surface area contributed by atoms with Gasteiger partial charge in [-0.3, -0.25) is 4.79 Å². The fourth-order valence-electron chi connectivity index (χ4n) is 2.93. The Hall–Kier alpha value is -3.30. The molecule has 0 aliphatic rings. The van der Waals surface area contributed by atoms with E-state index in [0.717, 1.165) is 15.6 Å². The molecule has 152 valence electrons. The van der Waals surface area contributed by atoms with Crippen LogP contribution in [0.5, 0.6) is 0 Å². The fourth-order valence-corrected chi connectivity index (χ4v) is 4.47. The number of carboxylic acids is 1. The van der Waals surface area contributed by atoms with Crippen molar-refractivity contribution in [2.75, 3.05) is 5.32 Å². The molecule has 0 radical (unpaired) electrons. The normalized spacial score (nSPS) is 10.4. The van der Waals surface area contributed by atoms with Gasteiger partial charge < -0.3 is 10.4 Å². The molecular weight excluding hydrogens is 453 g/mol. The molecule has 4 rings (SSSR count). The molecule has 0 spiro atoms. The monoisotopic (exact) mass is 465 g/mol. The van der Waals surface area contributed by atoms with E-state index in [2.05, 4.69) is 17.2 Å². The van der Waals surface area contributed by atoms with Crippen LogP contribution < -0.4 is 5.32 Å². The number of carbonyl (C=O) groups is 2. The van der Waals surface area contributed by atoms with E-state index in [0.29, 0.717) is 20.5 Å². The highest BCUT2D eigenvalue weighted by atomic mass is 35.5. The summed E-state index contributed by atoms with van der Waals surface area (Å²) in [6.45, 7) is 0. The van der Waals surface area contributed by atoms with Crippen molar-refractivity contribution in [1.29, 1.82) is 0 Å². The molecule has 0 aliphatic heterocycles. The van der Waals surface area contributed by atoms with Gasteiger partial charge in [0.1, 0.15) is 4.88 Å². The van der Waals surface area contributed by atoms with E-state index in [9.17, 15) is 14.7 Å². The summed E-state index contributed by atoms with van der Waals surface area (Å²) in [4.78, 5) is 24.8. The van der Waals surface area contributed by atoms with Gasteiger partial charge in [0.25, 0.3) is 5.91 Å². The summed E-state index contributed by atoms with van der Waals surface area (Å²) in [5, 5.41) is 13.9. The van der Waals surface area contributed by atoms with Crippen LogP contribution in [-0.2, 0) is 0 Å². The molecule has 0 saturated carbocycles. The first kappa shape index (κ1) is 21.0. The lowest BCUT2D eigenvalue weighted by atomic mass is 10.1. The van der Waals surface area contributed by atoms with Gasteiger partial charge in [0.15, 0.2) is 0 Å². The summed E-state index contributed by atoms with van der Waals surface area (Å²) in [6.07, 6.45) is 0. The fraction of sp³-hybridized carbons (Fsp3) is 0. The summed E-state index contributed by atoms with van der Waals surface area (Å²) in [6, 6.07) is 19.0. The third-order valence-corrected chi connectivity index (χ3v) is 6.36. The third-order valence-electron chi connectivity index (χ3n) is 4.43. The molecule has 0 fully saturated rings. The third kappa shape index (κ3) is 4.57. The molecule has 4 aromatic rings. The van der Waals surface area contributed by atoms with E-state index in [4.69, 9.17) is 23.2 Å². The number of hydrogen-bond acceptors (Lipinski definition) is 3. The maximum absolute atomic E-state index is 12.9. The summed E-state index contributed by atoms with van der Waals surface area (Å²) >= 11 is 13.5. The molecule has 1 heterocycles. The molecule has 2 N–H and O–H groups in total. The lowest BCUT2D eigenvalue weighted by molar-refractivity contribution is 0.0698. The quantitative estimate of drug-likeness (QED) is 0.336. The minimum atomic E-state index is -1.16. The number of rotatable bonds is 3. The van der Waals surface area contributed by atoms with Gasteiger partial charge in [-0.15, -0.1) is 11.3 Å². The smallest absolute Gasteiger partial charge is 0.337 e. The van der Waals surface area contributed by atoms with Crippen molar-refractivity contribution in [3.05, 3.63) is 98.3 Å². The highest BCUT2D eigenvalue weighted by Gasteiger charge is 2.19.